The molecule has 0 saturated carbocycles. The minimum absolute atomic E-state index is 0.504. The van der Waals surface area contributed by atoms with Crippen molar-refractivity contribution in [3.63, 3.8) is 0 Å². The van der Waals surface area contributed by atoms with Gasteiger partial charge in [0.1, 0.15) is 11.5 Å². The van der Waals surface area contributed by atoms with Gasteiger partial charge in [0.05, 0.1) is 20.0 Å². The third kappa shape index (κ3) is 4.94. The highest BCUT2D eigenvalue weighted by atomic mass is 32.2. The highest BCUT2D eigenvalue weighted by molar-refractivity contribution is 7.98. The zero-order valence-electron chi connectivity index (χ0n) is 18.3. The lowest BCUT2D eigenvalue weighted by Gasteiger charge is -2.09. The Bertz CT molecular complexity index is 1160. The number of rotatable bonds is 10. The second kappa shape index (κ2) is 10.3. The van der Waals surface area contributed by atoms with Crippen LogP contribution in [-0.2, 0) is 12.3 Å². The van der Waals surface area contributed by atoms with E-state index in [4.69, 9.17) is 14.0 Å². The monoisotopic (exact) mass is 451 g/mol. The van der Waals surface area contributed by atoms with Crippen molar-refractivity contribution >= 4 is 11.8 Å². The van der Waals surface area contributed by atoms with Gasteiger partial charge in [-0.3, -0.25) is 0 Å². The number of nitrogens with zero attached hydrogens (tertiary/aromatic N) is 5. The maximum absolute atomic E-state index is 5.46. The predicted molar refractivity (Wildman–Crippen MR) is 123 cm³/mol. The lowest BCUT2D eigenvalue weighted by Crippen LogP contribution is -2.02. The van der Waals surface area contributed by atoms with E-state index in [9.17, 15) is 0 Å². The molecule has 0 bridgehead atoms. The van der Waals surface area contributed by atoms with E-state index in [1.54, 1.807) is 14.2 Å². The summed E-state index contributed by atoms with van der Waals surface area (Å²) in [5, 5.41) is 13.8. The zero-order valence-corrected chi connectivity index (χ0v) is 19.1. The molecule has 0 amide bonds. The van der Waals surface area contributed by atoms with E-state index in [2.05, 4.69) is 31.8 Å². The number of unbranched alkanes of at least 4 members (excludes halogenated alkanes) is 1. The molecule has 2 aromatic heterocycles. The standard InChI is InChI=1S/C23H25N5O3S/c1-4-5-13-28-22(16-9-11-18(29-2)12-10-16)25-26-23(28)32-15-20-24-21(27-31-20)17-7-6-8-19(14-17)30-3/h6-12,14H,4-5,13,15H2,1-3H3. The molecule has 0 unspecified atom stereocenters. The van der Waals surface area contributed by atoms with Crippen LogP contribution in [0.15, 0.2) is 58.2 Å². The molecule has 2 heterocycles. The van der Waals surface area contributed by atoms with Gasteiger partial charge in [0, 0.05) is 17.7 Å². The zero-order chi connectivity index (χ0) is 22.3. The second-order valence-corrected chi connectivity index (χ2v) is 8.01. The van der Waals surface area contributed by atoms with Crippen molar-refractivity contribution in [2.75, 3.05) is 14.2 Å². The van der Waals surface area contributed by atoms with Crippen molar-refractivity contribution in [2.24, 2.45) is 0 Å². The lowest BCUT2D eigenvalue weighted by atomic mass is 10.2. The van der Waals surface area contributed by atoms with Crippen LogP contribution in [0.25, 0.3) is 22.8 Å². The molecular formula is C23H25N5O3S. The largest absolute Gasteiger partial charge is 0.497 e. The summed E-state index contributed by atoms with van der Waals surface area (Å²) in [7, 11) is 3.29. The molecule has 166 valence electrons. The van der Waals surface area contributed by atoms with Crippen molar-refractivity contribution < 1.29 is 14.0 Å². The van der Waals surface area contributed by atoms with Crippen molar-refractivity contribution in [3.05, 3.63) is 54.4 Å². The first-order chi connectivity index (χ1) is 15.7. The molecule has 0 spiro atoms. The first-order valence-corrected chi connectivity index (χ1v) is 11.4. The van der Waals surface area contributed by atoms with Crippen LogP contribution in [0, 0.1) is 0 Å². The van der Waals surface area contributed by atoms with Crippen LogP contribution in [0.2, 0.25) is 0 Å². The second-order valence-electron chi connectivity index (χ2n) is 7.07. The number of thioether (sulfide) groups is 1. The summed E-state index contributed by atoms with van der Waals surface area (Å²) in [6.07, 6.45) is 2.12. The van der Waals surface area contributed by atoms with E-state index in [0.717, 1.165) is 53.0 Å². The summed E-state index contributed by atoms with van der Waals surface area (Å²) in [6, 6.07) is 15.4. The SMILES string of the molecule is CCCCn1c(SCc2nc(-c3cccc(OC)c3)no2)nnc1-c1ccc(OC)cc1. The van der Waals surface area contributed by atoms with Gasteiger partial charge in [-0.15, -0.1) is 10.2 Å². The summed E-state index contributed by atoms with van der Waals surface area (Å²) in [5.41, 5.74) is 1.84. The van der Waals surface area contributed by atoms with E-state index >= 15 is 0 Å². The minimum Gasteiger partial charge on any atom is -0.497 e. The highest BCUT2D eigenvalue weighted by Gasteiger charge is 2.16. The molecule has 0 aliphatic heterocycles. The van der Waals surface area contributed by atoms with E-state index in [1.165, 1.54) is 11.8 Å². The fourth-order valence-electron chi connectivity index (χ4n) is 3.19. The van der Waals surface area contributed by atoms with Gasteiger partial charge in [0.25, 0.3) is 0 Å². The molecule has 0 atom stereocenters. The molecule has 2 aromatic carbocycles. The van der Waals surface area contributed by atoms with Gasteiger partial charge < -0.3 is 18.6 Å². The van der Waals surface area contributed by atoms with Crippen LogP contribution in [0.4, 0.5) is 0 Å². The molecule has 0 N–H and O–H groups in total. The molecule has 9 heteroatoms. The van der Waals surface area contributed by atoms with Gasteiger partial charge in [-0.1, -0.05) is 42.4 Å². The molecule has 4 rings (SSSR count). The summed E-state index contributed by atoms with van der Waals surface area (Å²) in [5.74, 6) is 3.97. The average Bonchev–Trinajstić information content (AvgIpc) is 3.48. The normalized spacial score (nSPS) is 11.0. The van der Waals surface area contributed by atoms with Gasteiger partial charge >= 0.3 is 0 Å². The van der Waals surface area contributed by atoms with Gasteiger partial charge in [0.2, 0.25) is 11.7 Å². The van der Waals surface area contributed by atoms with Crippen LogP contribution >= 0.6 is 11.8 Å². The van der Waals surface area contributed by atoms with Crippen LogP contribution in [-0.4, -0.2) is 39.1 Å². The van der Waals surface area contributed by atoms with Gasteiger partial charge in [-0.25, -0.2) is 0 Å². The Morgan fingerprint density at radius 2 is 1.78 bits per heavy atom. The molecule has 0 radical (unpaired) electrons. The van der Waals surface area contributed by atoms with E-state index in [-0.39, 0.29) is 0 Å². The summed E-state index contributed by atoms with van der Waals surface area (Å²) < 4.78 is 18.1. The smallest absolute Gasteiger partial charge is 0.237 e. The summed E-state index contributed by atoms with van der Waals surface area (Å²) >= 11 is 1.53. The van der Waals surface area contributed by atoms with Crippen LogP contribution < -0.4 is 9.47 Å². The topological polar surface area (TPSA) is 88.1 Å². The Balaban J connectivity index is 1.51. The van der Waals surface area contributed by atoms with Gasteiger partial charge in [-0.2, -0.15) is 4.98 Å². The number of aromatic nitrogens is 5. The van der Waals surface area contributed by atoms with Crippen molar-refractivity contribution in [1.82, 2.24) is 24.9 Å². The third-order valence-electron chi connectivity index (χ3n) is 4.92. The molecule has 0 saturated heterocycles. The molecule has 32 heavy (non-hydrogen) atoms. The number of benzene rings is 2. The fraction of sp³-hybridized carbons (Fsp3) is 0.304. The Morgan fingerprint density at radius 3 is 2.53 bits per heavy atom. The van der Waals surface area contributed by atoms with Crippen molar-refractivity contribution in [2.45, 2.75) is 37.2 Å². The molecule has 0 aliphatic carbocycles. The molecule has 0 aliphatic rings. The molecule has 0 fully saturated rings. The van der Waals surface area contributed by atoms with Crippen LogP contribution in [0.3, 0.4) is 0 Å². The number of hydrogen-bond acceptors (Lipinski definition) is 8. The van der Waals surface area contributed by atoms with Crippen molar-refractivity contribution in [3.8, 4) is 34.3 Å². The molecule has 4 aromatic rings. The van der Waals surface area contributed by atoms with Gasteiger partial charge in [0.15, 0.2) is 11.0 Å². The Morgan fingerprint density at radius 1 is 0.969 bits per heavy atom. The van der Waals surface area contributed by atoms with E-state index in [1.807, 2.05) is 48.5 Å². The van der Waals surface area contributed by atoms with Gasteiger partial charge in [-0.05, 0) is 42.8 Å². The van der Waals surface area contributed by atoms with Crippen LogP contribution in [0.1, 0.15) is 25.7 Å². The Kier molecular flexibility index (Phi) is 7.06. The minimum atomic E-state index is 0.504. The van der Waals surface area contributed by atoms with Crippen LogP contribution in [0.5, 0.6) is 11.5 Å². The first kappa shape index (κ1) is 21.9. The number of hydrogen-bond donors (Lipinski definition) is 0. The molecular weight excluding hydrogens is 426 g/mol. The maximum atomic E-state index is 5.46. The Labute approximate surface area is 191 Å². The average molecular weight is 452 g/mol. The molecule has 8 nitrogen and oxygen atoms in total. The van der Waals surface area contributed by atoms with Crippen molar-refractivity contribution in [1.29, 1.82) is 0 Å². The lowest BCUT2D eigenvalue weighted by molar-refractivity contribution is 0.391. The first-order valence-electron chi connectivity index (χ1n) is 10.4. The van der Waals surface area contributed by atoms with E-state index < -0.39 is 0 Å². The number of methoxy groups -OCH3 is 2. The summed E-state index contributed by atoms with van der Waals surface area (Å²) in [6.45, 7) is 3.01. The highest BCUT2D eigenvalue weighted by Crippen LogP contribution is 2.28. The number of ether oxygens (including phenoxy) is 2. The maximum Gasteiger partial charge on any atom is 0.237 e. The summed E-state index contributed by atoms with van der Waals surface area (Å²) in [4.78, 5) is 4.52. The Hall–Kier alpha value is -3.33. The fourth-order valence-corrected chi connectivity index (χ4v) is 3.99. The predicted octanol–water partition coefficient (Wildman–Crippen LogP) is 5.10. The van der Waals surface area contributed by atoms with E-state index in [0.29, 0.717) is 17.5 Å². The third-order valence-corrected chi connectivity index (χ3v) is 5.87. The quantitative estimate of drug-likeness (QED) is 0.308.